The van der Waals surface area contributed by atoms with Gasteiger partial charge >= 0.3 is 0 Å². The zero-order valence-corrected chi connectivity index (χ0v) is 7.93. The van der Waals surface area contributed by atoms with E-state index in [4.69, 9.17) is 5.73 Å². The van der Waals surface area contributed by atoms with Crippen LogP contribution < -0.4 is 10.6 Å². The zero-order chi connectivity index (χ0) is 9.97. The molecule has 1 aromatic rings. The van der Waals surface area contributed by atoms with Crippen molar-refractivity contribution in [3.8, 4) is 0 Å². The Hall–Kier alpha value is -1.36. The highest BCUT2D eigenvalue weighted by Crippen LogP contribution is 2.15. The van der Waals surface area contributed by atoms with E-state index in [1.54, 1.807) is 12.3 Å². The number of aromatic nitrogens is 2. The van der Waals surface area contributed by atoms with Crippen LogP contribution in [0.1, 0.15) is 12.8 Å². The maximum atomic E-state index is 9.48. The summed E-state index contributed by atoms with van der Waals surface area (Å²) in [4.78, 5) is 10.2. The quantitative estimate of drug-likeness (QED) is 0.659. The second-order valence-electron chi connectivity index (χ2n) is 3.52. The SMILES string of the molecule is Nc1ccnc(N2CCC[C@H](O)C2)n1. The van der Waals surface area contributed by atoms with E-state index in [1.165, 1.54) is 0 Å². The van der Waals surface area contributed by atoms with E-state index in [9.17, 15) is 5.11 Å². The smallest absolute Gasteiger partial charge is 0.227 e. The van der Waals surface area contributed by atoms with Crippen LogP contribution in [0.2, 0.25) is 0 Å². The van der Waals surface area contributed by atoms with Crippen LogP contribution in [0.3, 0.4) is 0 Å². The third-order valence-corrected chi connectivity index (χ3v) is 2.34. The molecule has 0 aliphatic carbocycles. The Bertz CT molecular complexity index is 317. The summed E-state index contributed by atoms with van der Waals surface area (Å²) in [5.74, 6) is 1.08. The number of nitrogens with zero attached hydrogens (tertiary/aromatic N) is 3. The van der Waals surface area contributed by atoms with Gasteiger partial charge in [0.05, 0.1) is 6.10 Å². The first kappa shape index (κ1) is 9.21. The minimum Gasteiger partial charge on any atom is -0.391 e. The lowest BCUT2D eigenvalue weighted by molar-refractivity contribution is 0.153. The molecule has 76 valence electrons. The predicted octanol–water partition coefficient (Wildman–Crippen LogP) is 0.0199. The second kappa shape index (κ2) is 3.79. The van der Waals surface area contributed by atoms with E-state index in [0.29, 0.717) is 18.3 Å². The molecule has 2 heterocycles. The lowest BCUT2D eigenvalue weighted by Gasteiger charge is -2.29. The first-order chi connectivity index (χ1) is 6.75. The minimum absolute atomic E-state index is 0.270. The van der Waals surface area contributed by atoms with E-state index in [-0.39, 0.29) is 6.10 Å². The maximum Gasteiger partial charge on any atom is 0.227 e. The van der Waals surface area contributed by atoms with Crippen LogP contribution in [0.25, 0.3) is 0 Å². The van der Waals surface area contributed by atoms with Crippen molar-refractivity contribution in [2.45, 2.75) is 18.9 Å². The zero-order valence-electron chi connectivity index (χ0n) is 7.93. The summed E-state index contributed by atoms with van der Waals surface area (Å²) in [5, 5.41) is 9.48. The molecule has 0 amide bonds. The van der Waals surface area contributed by atoms with Crippen LogP contribution >= 0.6 is 0 Å². The monoisotopic (exact) mass is 194 g/mol. The van der Waals surface area contributed by atoms with Crippen molar-refractivity contribution >= 4 is 11.8 Å². The van der Waals surface area contributed by atoms with Crippen LogP contribution in [0.5, 0.6) is 0 Å². The molecule has 5 heteroatoms. The maximum absolute atomic E-state index is 9.48. The molecule has 1 aliphatic rings. The van der Waals surface area contributed by atoms with Gasteiger partial charge in [0.1, 0.15) is 5.82 Å². The van der Waals surface area contributed by atoms with Crippen molar-refractivity contribution in [1.29, 1.82) is 0 Å². The van der Waals surface area contributed by atoms with Crippen LogP contribution in [0, 0.1) is 0 Å². The molecule has 5 nitrogen and oxygen atoms in total. The predicted molar refractivity (Wildman–Crippen MR) is 53.9 cm³/mol. The van der Waals surface area contributed by atoms with E-state index < -0.39 is 0 Å². The van der Waals surface area contributed by atoms with Gasteiger partial charge < -0.3 is 15.7 Å². The molecule has 0 unspecified atom stereocenters. The van der Waals surface area contributed by atoms with E-state index >= 15 is 0 Å². The van der Waals surface area contributed by atoms with E-state index in [1.807, 2.05) is 4.90 Å². The van der Waals surface area contributed by atoms with Gasteiger partial charge in [-0.1, -0.05) is 0 Å². The molecule has 1 saturated heterocycles. The first-order valence-corrected chi connectivity index (χ1v) is 4.77. The van der Waals surface area contributed by atoms with Gasteiger partial charge in [0.15, 0.2) is 0 Å². The highest BCUT2D eigenvalue weighted by atomic mass is 16.3. The summed E-state index contributed by atoms with van der Waals surface area (Å²) in [6, 6.07) is 1.66. The molecule has 1 atom stereocenters. The fourth-order valence-corrected chi connectivity index (χ4v) is 1.65. The number of hydrogen-bond acceptors (Lipinski definition) is 5. The van der Waals surface area contributed by atoms with Crippen molar-refractivity contribution in [3.63, 3.8) is 0 Å². The Balaban J connectivity index is 2.14. The molecule has 0 radical (unpaired) electrons. The van der Waals surface area contributed by atoms with E-state index in [2.05, 4.69) is 9.97 Å². The lowest BCUT2D eigenvalue weighted by Crippen LogP contribution is -2.39. The number of nitrogen functional groups attached to an aromatic ring is 1. The van der Waals surface area contributed by atoms with Crippen LogP contribution in [-0.4, -0.2) is 34.3 Å². The molecule has 0 spiro atoms. The number of aliphatic hydroxyl groups excluding tert-OH is 1. The van der Waals surface area contributed by atoms with Crippen LogP contribution in [0.4, 0.5) is 11.8 Å². The van der Waals surface area contributed by atoms with Gasteiger partial charge in [-0.3, -0.25) is 0 Å². The molecule has 1 aliphatic heterocycles. The molecule has 0 saturated carbocycles. The summed E-state index contributed by atoms with van der Waals surface area (Å²) in [6.45, 7) is 1.49. The second-order valence-corrected chi connectivity index (χ2v) is 3.52. The standard InChI is InChI=1S/C9H14N4O/c10-8-3-4-11-9(12-8)13-5-1-2-7(14)6-13/h3-4,7,14H,1-2,5-6H2,(H2,10,11,12)/t7-/m0/s1. The summed E-state index contributed by atoms with van der Waals surface area (Å²) >= 11 is 0. The van der Waals surface area contributed by atoms with Crippen LogP contribution in [0.15, 0.2) is 12.3 Å². The van der Waals surface area contributed by atoms with Crippen molar-refractivity contribution in [2.75, 3.05) is 23.7 Å². The Kier molecular flexibility index (Phi) is 2.49. The van der Waals surface area contributed by atoms with Gasteiger partial charge in [-0.2, -0.15) is 4.98 Å². The average molecular weight is 194 g/mol. The van der Waals surface area contributed by atoms with Crippen molar-refractivity contribution in [3.05, 3.63) is 12.3 Å². The normalized spacial score (nSPS) is 22.4. The van der Waals surface area contributed by atoms with Crippen LogP contribution in [-0.2, 0) is 0 Å². The molecule has 14 heavy (non-hydrogen) atoms. The summed E-state index contributed by atoms with van der Waals surface area (Å²) in [6.07, 6.45) is 3.20. The molecule has 3 N–H and O–H groups in total. The van der Waals surface area contributed by atoms with Gasteiger partial charge in [-0.05, 0) is 18.9 Å². The van der Waals surface area contributed by atoms with Crippen molar-refractivity contribution < 1.29 is 5.11 Å². The Morgan fingerprint density at radius 2 is 2.43 bits per heavy atom. The molecule has 1 fully saturated rings. The third kappa shape index (κ3) is 1.93. The number of nitrogens with two attached hydrogens (primary N) is 1. The largest absolute Gasteiger partial charge is 0.391 e. The fourth-order valence-electron chi connectivity index (χ4n) is 1.65. The van der Waals surface area contributed by atoms with Crippen molar-refractivity contribution in [2.24, 2.45) is 0 Å². The van der Waals surface area contributed by atoms with Gasteiger partial charge in [0.25, 0.3) is 0 Å². The average Bonchev–Trinajstić information content (AvgIpc) is 2.18. The topological polar surface area (TPSA) is 75.3 Å². The summed E-state index contributed by atoms with van der Waals surface area (Å²) in [5.41, 5.74) is 5.56. The highest BCUT2D eigenvalue weighted by Gasteiger charge is 2.19. The minimum atomic E-state index is -0.270. The number of β-amino-alcohol motifs (C(OH)–C–C–N with tert-alkyl or cyclic N) is 1. The third-order valence-electron chi connectivity index (χ3n) is 2.34. The molecule has 1 aromatic heterocycles. The highest BCUT2D eigenvalue weighted by molar-refractivity contribution is 5.38. The number of anilines is 2. The number of aliphatic hydroxyl groups is 1. The Labute approximate surface area is 82.6 Å². The first-order valence-electron chi connectivity index (χ1n) is 4.77. The molecule has 2 rings (SSSR count). The fraction of sp³-hybridized carbons (Fsp3) is 0.556. The number of piperidine rings is 1. The molecular weight excluding hydrogens is 180 g/mol. The molecular formula is C9H14N4O. The van der Waals surface area contributed by atoms with E-state index in [0.717, 1.165) is 19.4 Å². The Morgan fingerprint density at radius 3 is 3.14 bits per heavy atom. The Morgan fingerprint density at radius 1 is 1.57 bits per heavy atom. The van der Waals surface area contributed by atoms with Gasteiger partial charge in [-0.25, -0.2) is 4.98 Å². The molecule has 0 bridgehead atoms. The number of hydrogen-bond donors (Lipinski definition) is 2. The van der Waals surface area contributed by atoms with Gasteiger partial charge in [0.2, 0.25) is 5.95 Å². The molecule has 0 aromatic carbocycles. The van der Waals surface area contributed by atoms with Gasteiger partial charge in [-0.15, -0.1) is 0 Å². The van der Waals surface area contributed by atoms with Crippen molar-refractivity contribution in [1.82, 2.24) is 9.97 Å². The summed E-state index contributed by atoms with van der Waals surface area (Å²) in [7, 11) is 0. The number of rotatable bonds is 1. The van der Waals surface area contributed by atoms with Gasteiger partial charge in [0, 0.05) is 19.3 Å². The summed E-state index contributed by atoms with van der Waals surface area (Å²) < 4.78 is 0. The lowest BCUT2D eigenvalue weighted by atomic mass is 10.1.